The summed E-state index contributed by atoms with van der Waals surface area (Å²) in [5, 5.41) is 0.720. The van der Waals surface area contributed by atoms with E-state index in [2.05, 4.69) is 12.1 Å². The summed E-state index contributed by atoms with van der Waals surface area (Å²) >= 11 is 3.16. The minimum absolute atomic E-state index is 0.0638. The van der Waals surface area contributed by atoms with E-state index in [0.29, 0.717) is 18.9 Å². The second kappa shape index (κ2) is 10.5. The lowest BCUT2D eigenvalue weighted by Gasteiger charge is -2.20. The fourth-order valence-corrected chi connectivity index (χ4v) is 5.07. The lowest BCUT2D eigenvalue weighted by molar-refractivity contribution is -0.116. The number of amides is 1. The molecule has 4 aromatic rings. The first-order valence-corrected chi connectivity index (χ1v) is 12.2. The molecule has 158 valence electrons. The number of carbonyl (C=O) groups excluding carboxylic acids is 1. The van der Waals surface area contributed by atoms with Gasteiger partial charge in [-0.15, -0.1) is 11.8 Å². The van der Waals surface area contributed by atoms with Gasteiger partial charge >= 0.3 is 0 Å². The molecule has 0 N–H and O–H groups in total. The molecule has 0 radical (unpaired) electrons. The Morgan fingerprint density at radius 2 is 1.71 bits per heavy atom. The topological polar surface area (TPSA) is 42.4 Å². The number of benzene rings is 3. The van der Waals surface area contributed by atoms with Crippen molar-refractivity contribution in [1.82, 2.24) is 4.98 Å². The monoisotopic (exact) mass is 448 g/mol. The molecular weight excluding hydrogens is 424 g/mol. The summed E-state index contributed by atoms with van der Waals surface area (Å²) in [5.74, 6) is 2.10. The van der Waals surface area contributed by atoms with Gasteiger partial charge in [0, 0.05) is 5.75 Å². The van der Waals surface area contributed by atoms with Gasteiger partial charge < -0.3 is 4.74 Å². The summed E-state index contributed by atoms with van der Waals surface area (Å²) in [4.78, 5) is 19.8. The Morgan fingerprint density at radius 3 is 2.42 bits per heavy atom. The van der Waals surface area contributed by atoms with Crippen molar-refractivity contribution in [1.29, 1.82) is 0 Å². The molecule has 0 aliphatic carbocycles. The number of hydrogen-bond acceptors (Lipinski definition) is 5. The lowest BCUT2D eigenvalue weighted by Crippen LogP contribution is -2.31. The van der Waals surface area contributed by atoms with E-state index in [4.69, 9.17) is 9.72 Å². The highest BCUT2D eigenvalue weighted by Gasteiger charge is 2.20. The molecule has 6 heteroatoms. The minimum atomic E-state index is 0.0638. The third-order valence-corrected chi connectivity index (χ3v) is 6.74. The third-order valence-electron chi connectivity index (χ3n) is 4.71. The Hall–Kier alpha value is -2.83. The first-order chi connectivity index (χ1) is 15.2. The van der Waals surface area contributed by atoms with Crippen LogP contribution in [0, 0.1) is 0 Å². The normalized spacial score (nSPS) is 10.9. The molecule has 1 aromatic heterocycles. The zero-order valence-corrected chi connectivity index (χ0v) is 19.0. The molecule has 4 nitrogen and oxygen atoms in total. The quantitative estimate of drug-likeness (QED) is 0.307. The smallest absolute Gasteiger partial charge is 0.239 e. The van der Waals surface area contributed by atoms with Gasteiger partial charge in [0.25, 0.3) is 0 Å². The van der Waals surface area contributed by atoms with Crippen LogP contribution < -0.4 is 9.64 Å². The van der Waals surface area contributed by atoms with Gasteiger partial charge in [0.2, 0.25) is 5.91 Å². The Balaban J connectivity index is 1.54. The van der Waals surface area contributed by atoms with Crippen LogP contribution >= 0.6 is 23.1 Å². The predicted molar refractivity (Wildman–Crippen MR) is 131 cm³/mol. The molecule has 0 atom stereocenters. The van der Waals surface area contributed by atoms with E-state index < -0.39 is 0 Å². The zero-order valence-electron chi connectivity index (χ0n) is 17.4. The Bertz CT molecular complexity index is 1130. The molecule has 0 aliphatic rings. The number of hydrogen-bond donors (Lipinski definition) is 0. The lowest BCUT2D eigenvalue weighted by atomic mass is 10.2. The van der Waals surface area contributed by atoms with E-state index in [1.807, 2.05) is 73.7 Å². The van der Waals surface area contributed by atoms with Crippen LogP contribution in [0.4, 0.5) is 5.13 Å². The van der Waals surface area contributed by atoms with Gasteiger partial charge in [-0.05, 0) is 36.2 Å². The van der Waals surface area contributed by atoms with Crippen molar-refractivity contribution in [3.05, 3.63) is 90.0 Å². The summed E-state index contributed by atoms with van der Waals surface area (Å²) in [6.45, 7) is 3.09. The van der Waals surface area contributed by atoms with Crippen molar-refractivity contribution >= 4 is 44.4 Å². The largest absolute Gasteiger partial charge is 0.494 e. The second-order valence-corrected chi connectivity index (χ2v) is 9.00. The zero-order chi connectivity index (χ0) is 21.5. The molecular formula is C25H24N2O2S2. The van der Waals surface area contributed by atoms with Crippen molar-refractivity contribution in [2.45, 2.75) is 19.2 Å². The molecule has 0 aliphatic heterocycles. The van der Waals surface area contributed by atoms with Crippen LogP contribution in [-0.2, 0) is 17.1 Å². The Morgan fingerprint density at radius 1 is 1.00 bits per heavy atom. The van der Waals surface area contributed by atoms with Gasteiger partial charge in [-0.3, -0.25) is 9.69 Å². The molecule has 1 heterocycles. The average molecular weight is 449 g/mol. The molecule has 3 aromatic carbocycles. The van der Waals surface area contributed by atoms with Gasteiger partial charge in [0.05, 0.1) is 29.1 Å². The molecule has 0 saturated carbocycles. The van der Waals surface area contributed by atoms with Crippen molar-refractivity contribution in [3.8, 4) is 5.75 Å². The van der Waals surface area contributed by atoms with E-state index in [9.17, 15) is 4.79 Å². The summed E-state index contributed by atoms with van der Waals surface area (Å²) < 4.78 is 6.63. The first kappa shape index (κ1) is 21.4. The molecule has 4 rings (SSSR count). The number of carbonyl (C=O) groups is 1. The maximum atomic E-state index is 13.2. The van der Waals surface area contributed by atoms with E-state index in [1.54, 1.807) is 16.7 Å². The predicted octanol–water partition coefficient (Wildman–Crippen LogP) is 6.16. The number of fused-ring (bicyclic) bond motifs is 1. The van der Waals surface area contributed by atoms with Crippen molar-refractivity contribution in [2.24, 2.45) is 0 Å². The molecule has 31 heavy (non-hydrogen) atoms. The second-order valence-electron chi connectivity index (χ2n) is 7.00. The van der Waals surface area contributed by atoms with Crippen LogP contribution in [0.1, 0.15) is 18.1 Å². The summed E-state index contributed by atoms with van der Waals surface area (Å²) in [5.41, 5.74) is 3.18. The summed E-state index contributed by atoms with van der Waals surface area (Å²) in [6.07, 6.45) is 0. The van der Waals surface area contributed by atoms with E-state index >= 15 is 0 Å². The third kappa shape index (κ3) is 5.66. The van der Waals surface area contributed by atoms with Crippen LogP contribution in [0.15, 0.2) is 78.9 Å². The molecule has 0 spiro atoms. The van der Waals surface area contributed by atoms with Gasteiger partial charge in [-0.2, -0.15) is 0 Å². The van der Waals surface area contributed by atoms with E-state index in [1.165, 1.54) is 16.9 Å². The van der Waals surface area contributed by atoms with Crippen LogP contribution in [0.5, 0.6) is 5.75 Å². The van der Waals surface area contributed by atoms with Gasteiger partial charge in [-0.25, -0.2) is 4.98 Å². The first-order valence-electron chi connectivity index (χ1n) is 10.2. The SMILES string of the molecule is CCOc1ccc2nc(N(Cc3ccccc3)C(=O)CSCc3ccccc3)sc2c1. The summed E-state index contributed by atoms with van der Waals surface area (Å²) in [6, 6.07) is 26.2. The highest BCUT2D eigenvalue weighted by molar-refractivity contribution is 7.99. The van der Waals surface area contributed by atoms with E-state index in [0.717, 1.165) is 32.4 Å². The summed E-state index contributed by atoms with van der Waals surface area (Å²) in [7, 11) is 0. The van der Waals surface area contributed by atoms with Crippen LogP contribution in [-0.4, -0.2) is 23.3 Å². The number of anilines is 1. The molecule has 0 bridgehead atoms. The van der Waals surface area contributed by atoms with Crippen molar-refractivity contribution < 1.29 is 9.53 Å². The van der Waals surface area contributed by atoms with Crippen LogP contribution in [0.3, 0.4) is 0 Å². The molecule has 0 unspecified atom stereocenters. The van der Waals surface area contributed by atoms with Gasteiger partial charge in [-0.1, -0.05) is 72.0 Å². The van der Waals surface area contributed by atoms with Gasteiger partial charge in [0.15, 0.2) is 5.13 Å². The number of thiazole rings is 1. The number of aromatic nitrogens is 1. The number of thioether (sulfide) groups is 1. The maximum absolute atomic E-state index is 13.2. The Labute approximate surface area is 190 Å². The standard InChI is InChI=1S/C25H24N2O2S2/c1-2-29-21-13-14-22-23(15-21)31-25(26-22)27(16-19-9-5-3-6-10-19)24(28)18-30-17-20-11-7-4-8-12-20/h3-15H,2,16-18H2,1H3. The van der Waals surface area contributed by atoms with Crippen molar-refractivity contribution in [2.75, 3.05) is 17.3 Å². The van der Waals surface area contributed by atoms with Crippen LogP contribution in [0.2, 0.25) is 0 Å². The van der Waals surface area contributed by atoms with Gasteiger partial charge in [0.1, 0.15) is 5.75 Å². The fourth-order valence-electron chi connectivity index (χ4n) is 3.20. The fraction of sp³-hybridized carbons (Fsp3) is 0.200. The minimum Gasteiger partial charge on any atom is -0.494 e. The number of ether oxygens (including phenoxy) is 1. The van der Waals surface area contributed by atoms with Crippen molar-refractivity contribution in [3.63, 3.8) is 0 Å². The molecule has 1 amide bonds. The number of rotatable bonds is 9. The Kier molecular flexibility index (Phi) is 7.22. The average Bonchev–Trinajstić information content (AvgIpc) is 3.22. The highest BCUT2D eigenvalue weighted by atomic mass is 32.2. The molecule has 0 saturated heterocycles. The van der Waals surface area contributed by atoms with E-state index in [-0.39, 0.29) is 5.91 Å². The van der Waals surface area contributed by atoms with Crippen LogP contribution in [0.25, 0.3) is 10.2 Å². The highest BCUT2D eigenvalue weighted by Crippen LogP contribution is 2.32. The number of nitrogens with zero attached hydrogens (tertiary/aromatic N) is 2. The maximum Gasteiger partial charge on any atom is 0.239 e. The molecule has 0 fully saturated rings.